The Morgan fingerprint density at radius 1 is 0.773 bits per heavy atom. The van der Waals surface area contributed by atoms with Crippen molar-refractivity contribution in [2.45, 2.75) is 52.4 Å². The van der Waals surface area contributed by atoms with Gasteiger partial charge in [-0.1, -0.05) is 70.5 Å². The second-order valence-corrected chi connectivity index (χ2v) is 6.44. The maximum absolute atomic E-state index is 5.67. The first-order valence-corrected chi connectivity index (χ1v) is 8.40. The van der Waals surface area contributed by atoms with E-state index in [1.54, 1.807) is 0 Å². The van der Waals surface area contributed by atoms with Crippen LogP contribution in [0.3, 0.4) is 0 Å². The lowest BCUT2D eigenvalue weighted by Gasteiger charge is -2.26. The molecule has 118 valence electrons. The third-order valence-electron chi connectivity index (χ3n) is 4.26. The second kappa shape index (κ2) is 7.49. The summed E-state index contributed by atoms with van der Waals surface area (Å²) in [5, 5.41) is 0. The molecule has 0 bridgehead atoms. The van der Waals surface area contributed by atoms with Crippen LogP contribution < -0.4 is 4.74 Å². The molecule has 2 aromatic rings. The largest absolute Gasteiger partial charge is 0.494 e. The topological polar surface area (TPSA) is 9.23 Å². The lowest BCUT2D eigenvalue weighted by Crippen LogP contribution is -2.18. The van der Waals surface area contributed by atoms with E-state index in [9.17, 15) is 0 Å². The van der Waals surface area contributed by atoms with Crippen LogP contribution >= 0.6 is 0 Å². The van der Waals surface area contributed by atoms with Crippen LogP contribution in [0.25, 0.3) is 0 Å². The van der Waals surface area contributed by atoms with Gasteiger partial charge in [0.2, 0.25) is 0 Å². The van der Waals surface area contributed by atoms with Gasteiger partial charge in [-0.2, -0.15) is 0 Å². The van der Waals surface area contributed by atoms with Gasteiger partial charge in [0.25, 0.3) is 0 Å². The number of hydrogen-bond donors (Lipinski definition) is 0. The summed E-state index contributed by atoms with van der Waals surface area (Å²) in [5.41, 5.74) is 4.10. The molecule has 0 atom stereocenters. The molecule has 0 aliphatic heterocycles. The summed E-state index contributed by atoms with van der Waals surface area (Å²) < 4.78 is 5.67. The Labute approximate surface area is 135 Å². The molecule has 2 aromatic carbocycles. The minimum Gasteiger partial charge on any atom is -0.494 e. The SMILES string of the molecule is CCCOc1ccc(C(C)(C)c2ccc(CCC)cc2)cc1. The number of benzene rings is 2. The van der Waals surface area contributed by atoms with E-state index in [0.29, 0.717) is 0 Å². The van der Waals surface area contributed by atoms with Crippen LogP contribution in [0, 0.1) is 0 Å². The van der Waals surface area contributed by atoms with Gasteiger partial charge in [0, 0.05) is 5.41 Å². The molecule has 0 radical (unpaired) electrons. The second-order valence-electron chi connectivity index (χ2n) is 6.44. The lowest BCUT2D eigenvalue weighted by atomic mass is 9.78. The van der Waals surface area contributed by atoms with E-state index in [4.69, 9.17) is 4.74 Å². The molecule has 0 saturated carbocycles. The van der Waals surface area contributed by atoms with E-state index in [1.165, 1.54) is 23.1 Å². The third-order valence-corrected chi connectivity index (χ3v) is 4.26. The average Bonchev–Trinajstić information content (AvgIpc) is 2.54. The fourth-order valence-electron chi connectivity index (χ4n) is 2.73. The molecule has 0 unspecified atom stereocenters. The maximum Gasteiger partial charge on any atom is 0.119 e. The number of rotatable bonds is 7. The molecular weight excluding hydrogens is 268 g/mol. The molecular formula is C21H28O. The lowest BCUT2D eigenvalue weighted by molar-refractivity contribution is 0.317. The van der Waals surface area contributed by atoms with Crippen LogP contribution in [-0.4, -0.2) is 6.61 Å². The fourth-order valence-corrected chi connectivity index (χ4v) is 2.73. The van der Waals surface area contributed by atoms with E-state index in [2.05, 4.69) is 76.2 Å². The Bertz CT molecular complexity index is 564. The molecule has 0 N–H and O–H groups in total. The first-order valence-electron chi connectivity index (χ1n) is 8.40. The van der Waals surface area contributed by atoms with Crippen LogP contribution in [-0.2, 0) is 11.8 Å². The van der Waals surface area contributed by atoms with Crippen molar-refractivity contribution < 1.29 is 4.74 Å². The fraction of sp³-hybridized carbons (Fsp3) is 0.429. The summed E-state index contributed by atoms with van der Waals surface area (Å²) in [6, 6.07) is 17.6. The quantitative estimate of drug-likeness (QED) is 0.631. The first kappa shape index (κ1) is 16.6. The number of aryl methyl sites for hydroxylation is 1. The summed E-state index contributed by atoms with van der Waals surface area (Å²) in [6.07, 6.45) is 3.39. The molecule has 0 aliphatic carbocycles. The molecule has 0 spiro atoms. The van der Waals surface area contributed by atoms with Gasteiger partial charge < -0.3 is 4.74 Å². The third kappa shape index (κ3) is 3.91. The molecule has 1 nitrogen and oxygen atoms in total. The number of ether oxygens (including phenoxy) is 1. The summed E-state index contributed by atoms with van der Waals surface area (Å²) in [4.78, 5) is 0. The van der Waals surface area contributed by atoms with Crippen molar-refractivity contribution in [2.75, 3.05) is 6.61 Å². The van der Waals surface area contributed by atoms with Crippen LogP contribution in [0.4, 0.5) is 0 Å². The molecule has 22 heavy (non-hydrogen) atoms. The van der Waals surface area contributed by atoms with Crippen molar-refractivity contribution >= 4 is 0 Å². The molecule has 0 saturated heterocycles. The van der Waals surface area contributed by atoms with Crippen molar-refractivity contribution in [3.63, 3.8) is 0 Å². The first-order chi connectivity index (χ1) is 10.6. The van der Waals surface area contributed by atoms with Gasteiger partial charge in [0.05, 0.1) is 6.61 Å². The highest BCUT2D eigenvalue weighted by molar-refractivity contribution is 5.40. The van der Waals surface area contributed by atoms with E-state index in [1.807, 2.05) is 0 Å². The van der Waals surface area contributed by atoms with Crippen molar-refractivity contribution in [2.24, 2.45) is 0 Å². The summed E-state index contributed by atoms with van der Waals surface area (Å²) >= 11 is 0. The smallest absolute Gasteiger partial charge is 0.119 e. The van der Waals surface area contributed by atoms with E-state index in [-0.39, 0.29) is 5.41 Å². The van der Waals surface area contributed by atoms with Gasteiger partial charge in [-0.25, -0.2) is 0 Å². The Morgan fingerprint density at radius 2 is 1.32 bits per heavy atom. The summed E-state index contributed by atoms with van der Waals surface area (Å²) in [7, 11) is 0. The predicted molar refractivity (Wildman–Crippen MR) is 94.8 cm³/mol. The highest BCUT2D eigenvalue weighted by Gasteiger charge is 2.22. The summed E-state index contributed by atoms with van der Waals surface area (Å²) in [6.45, 7) is 9.69. The molecule has 0 fully saturated rings. The maximum atomic E-state index is 5.67. The Hall–Kier alpha value is -1.76. The minimum absolute atomic E-state index is 0.00797. The average molecular weight is 296 g/mol. The van der Waals surface area contributed by atoms with Gasteiger partial charge in [0.1, 0.15) is 5.75 Å². The van der Waals surface area contributed by atoms with Crippen molar-refractivity contribution in [3.05, 3.63) is 65.2 Å². The van der Waals surface area contributed by atoms with Gasteiger partial charge in [0.15, 0.2) is 0 Å². The van der Waals surface area contributed by atoms with Crippen LogP contribution in [0.1, 0.15) is 57.2 Å². The van der Waals surface area contributed by atoms with Crippen molar-refractivity contribution in [3.8, 4) is 5.75 Å². The molecule has 0 aliphatic rings. The standard InChI is InChI=1S/C21H28O/c1-5-7-17-8-10-18(11-9-17)21(3,4)19-12-14-20(15-13-19)22-16-6-2/h8-15H,5-7,16H2,1-4H3. The molecule has 0 heterocycles. The van der Waals surface area contributed by atoms with Crippen LogP contribution in [0.15, 0.2) is 48.5 Å². The van der Waals surface area contributed by atoms with Gasteiger partial charge in [-0.15, -0.1) is 0 Å². The van der Waals surface area contributed by atoms with E-state index < -0.39 is 0 Å². The Morgan fingerprint density at radius 3 is 1.82 bits per heavy atom. The van der Waals surface area contributed by atoms with E-state index in [0.717, 1.165) is 25.2 Å². The summed E-state index contributed by atoms with van der Waals surface area (Å²) in [5.74, 6) is 0.958. The molecule has 1 heteroatoms. The highest BCUT2D eigenvalue weighted by atomic mass is 16.5. The van der Waals surface area contributed by atoms with Crippen LogP contribution in [0.2, 0.25) is 0 Å². The van der Waals surface area contributed by atoms with E-state index >= 15 is 0 Å². The zero-order valence-corrected chi connectivity index (χ0v) is 14.4. The minimum atomic E-state index is 0.00797. The van der Waals surface area contributed by atoms with Gasteiger partial charge in [-0.05, 0) is 41.7 Å². The van der Waals surface area contributed by atoms with Crippen LogP contribution in [0.5, 0.6) is 5.75 Å². The normalized spacial score (nSPS) is 11.5. The zero-order valence-electron chi connectivity index (χ0n) is 14.4. The molecule has 0 amide bonds. The number of hydrogen-bond acceptors (Lipinski definition) is 1. The Balaban J connectivity index is 2.17. The predicted octanol–water partition coefficient (Wildman–Crippen LogP) is 5.75. The molecule has 2 rings (SSSR count). The highest BCUT2D eigenvalue weighted by Crippen LogP contribution is 2.32. The van der Waals surface area contributed by atoms with Gasteiger partial charge in [-0.3, -0.25) is 0 Å². The van der Waals surface area contributed by atoms with Crippen molar-refractivity contribution in [1.29, 1.82) is 0 Å². The Kier molecular flexibility index (Phi) is 5.65. The zero-order chi connectivity index (χ0) is 16.0. The molecule has 0 aromatic heterocycles. The van der Waals surface area contributed by atoms with Crippen molar-refractivity contribution in [1.82, 2.24) is 0 Å². The monoisotopic (exact) mass is 296 g/mol. The van der Waals surface area contributed by atoms with Gasteiger partial charge >= 0.3 is 0 Å².